The molecule has 0 spiro atoms. The van der Waals surface area contributed by atoms with Crippen LogP contribution in [0, 0.1) is 17.3 Å². The van der Waals surface area contributed by atoms with Crippen molar-refractivity contribution in [2.24, 2.45) is 17.3 Å². The number of halogens is 2. The molecule has 2 aliphatic carbocycles. The number of aliphatic hydroxyl groups is 1. The summed E-state index contributed by atoms with van der Waals surface area (Å²) in [4.78, 5) is 27.0. The highest BCUT2D eigenvalue weighted by molar-refractivity contribution is 6.30. The second-order valence-electron chi connectivity index (χ2n) is 11.4. The fourth-order valence-corrected chi connectivity index (χ4v) is 6.28. The average molecular weight is 561 g/mol. The van der Waals surface area contributed by atoms with Gasteiger partial charge in [0.05, 0.1) is 11.6 Å². The molecular formula is C28H47Cl2N3O4. The molecule has 3 rings (SSSR count). The number of carbonyl (C=O) groups excluding carboxylic acids is 2. The molecule has 0 bridgehead atoms. The average Bonchev–Trinajstić information content (AvgIpc) is 2.75. The number of hydrogen-bond donors (Lipinski definition) is 3. The van der Waals surface area contributed by atoms with Crippen molar-refractivity contribution >= 4 is 35.0 Å². The van der Waals surface area contributed by atoms with Crippen LogP contribution in [0.5, 0.6) is 0 Å². The Morgan fingerprint density at radius 1 is 1.19 bits per heavy atom. The van der Waals surface area contributed by atoms with Gasteiger partial charge in [0.25, 0.3) is 0 Å². The Hall–Kier alpha value is -1.38. The van der Waals surface area contributed by atoms with Gasteiger partial charge in [0.2, 0.25) is 11.8 Å². The Balaban J connectivity index is 0.00000342. The molecule has 3 aliphatic rings. The zero-order valence-electron chi connectivity index (χ0n) is 22.2. The van der Waals surface area contributed by atoms with Crippen LogP contribution in [0.2, 0.25) is 0 Å². The lowest BCUT2D eigenvalue weighted by molar-refractivity contribution is -0.148. The van der Waals surface area contributed by atoms with Gasteiger partial charge in [-0.2, -0.15) is 0 Å². The predicted molar refractivity (Wildman–Crippen MR) is 152 cm³/mol. The quantitative estimate of drug-likeness (QED) is 0.431. The Morgan fingerprint density at radius 3 is 2.41 bits per heavy atom. The summed E-state index contributed by atoms with van der Waals surface area (Å²) < 4.78 is 0. The number of carbonyl (C=O) groups is 2. The largest absolute Gasteiger partial charge is 0.412 e. The maximum atomic E-state index is 13.6. The summed E-state index contributed by atoms with van der Waals surface area (Å²) in [5.41, 5.74) is -0.440. The van der Waals surface area contributed by atoms with Gasteiger partial charge in [-0.05, 0) is 49.2 Å². The van der Waals surface area contributed by atoms with E-state index in [1.807, 2.05) is 50.8 Å². The summed E-state index contributed by atoms with van der Waals surface area (Å²) in [6.45, 7) is 11.3. The van der Waals surface area contributed by atoms with Crippen molar-refractivity contribution in [3.05, 3.63) is 33.9 Å². The maximum absolute atomic E-state index is 13.6. The first-order valence-electron chi connectivity index (χ1n) is 12.8. The number of piperidine rings is 1. The van der Waals surface area contributed by atoms with Gasteiger partial charge in [-0.25, -0.2) is 0 Å². The van der Waals surface area contributed by atoms with Crippen LogP contribution in [0.25, 0.3) is 0 Å². The van der Waals surface area contributed by atoms with Crippen LogP contribution in [0.3, 0.4) is 0 Å². The van der Waals surface area contributed by atoms with Crippen LogP contribution in [0.1, 0.15) is 74.1 Å². The van der Waals surface area contributed by atoms with Gasteiger partial charge in [-0.1, -0.05) is 70.5 Å². The summed E-state index contributed by atoms with van der Waals surface area (Å²) in [6.07, 6.45) is 9.32. The fourth-order valence-electron chi connectivity index (χ4n) is 5.76. The molecule has 4 atom stereocenters. The first-order valence-corrected chi connectivity index (χ1v) is 13.5. The highest BCUT2D eigenvalue weighted by Crippen LogP contribution is 2.46. The SMILES string of the molecule is C.CC(=O)NC1CC(Cl)=CC(CN[C@@H](C(=O)N2CC[C@](O)(C3=CC=C(Cl)CC3)C(C)(C)C2)C(C)C)C1.O. The van der Waals surface area contributed by atoms with Crippen molar-refractivity contribution in [1.82, 2.24) is 15.5 Å². The van der Waals surface area contributed by atoms with E-state index >= 15 is 0 Å². The molecule has 0 aromatic rings. The van der Waals surface area contributed by atoms with E-state index in [4.69, 9.17) is 23.2 Å². The number of rotatable bonds is 7. The molecule has 0 saturated carbocycles. The highest BCUT2D eigenvalue weighted by Gasteiger charge is 2.51. The summed E-state index contributed by atoms with van der Waals surface area (Å²) in [5.74, 6) is 0.260. The number of hydrogen-bond acceptors (Lipinski definition) is 4. The molecule has 0 aromatic carbocycles. The van der Waals surface area contributed by atoms with Crippen molar-refractivity contribution in [1.29, 1.82) is 0 Å². The molecule has 0 radical (unpaired) electrons. The normalized spacial score (nSPS) is 28.1. The molecule has 212 valence electrons. The lowest BCUT2D eigenvalue weighted by Gasteiger charge is -2.52. The first kappa shape index (κ1) is 33.6. The Morgan fingerprint density at radius 2 is 1.86 bits per heavy atom. The maximum Gasteiger partial charge on any atom is 0.239 e. The zero-order valence-corrected chi connectivity index (χ0v) is 23.7. The van der Waals surface area contributed by atoms with Gasteiger partial charge in [-0.15, -0.1) is 0 Å². The van der Waals surface area contributed by atoms with E-state index in [-0.39, 0.29) is 48.6 Å². The summed E-state index contributed by atoms with van der Waals surface area (Å²) in [7, 11) is 0. The third-order valence-corrected chi connectivity index (χ3v) is 8.37. The minimum atomic E-state index is -0.957. The number of nitrogens with one attached hydrogen (secondary N) is 2. The predicted octanol–water partition coefficient (Wildman–Crippen LogP) is 4.28. The minimum Gasteiger partial charge on any atom is -0.412 e. The third-order valence-electron chi connectivity index (χ3n) is 7.78. The summed E-state index contributed by atoms with van der Waals surface area (Å²) in [6, 6.07) is -0.315. The topological polar surface area (TPSA) is 113 Å². The molecule has 5 N–H and O–H groups in total. The minimum absolute atomic E-state index is 0. The monoisotopic (exact) mass is 559 g/mol. The highest BCUT2D eigenvalue weighted by atomic mass is 35.5. The smallest absolute Gasteiger partial charge is 0.239 e. The van der Waals surface area contributed by atoms with Crippen LogP contribution in [-0.2, 0) is 9.59 Å². The summed E-state index contributed by atoms with van der Waals surface area (Å²) >= 11 is 12.5. The van der Waals surface area contributed by atoms with Gasteiger partial charge >= 0.3 is 0 Å². The second-order valence-corrected chi connectivity index (χ2v) is 12.4. The van der Waals surface area contributed by atoms with Crippen LogP contribution in [0.15, 0.2) is 33.9 Å². The Labute approximate surface area is 233 Å². The molecule has 1 heterocycles. The molecule has 2 unspecified atom stereocenters. The molecule has 2 amide bonds. The number of likely N-dealkylation sites (tertiary alicyclic amines) is 1. The number of amides is 2. The van der Waals surface area contributed by atoms with Crippen LogP contribution in [-0.4, -0.2) is 64.6 Å². The van der Waals surface area contributed by atoms with Gasteiger partial charge in [-0.3, -0.25) is 9.59 Å². The van der Waals surface area contributed by atoms with Gasteiger partial charge in [0.15, 0.2) is 0 Å². The fraction of sp³-hybridized carbons (Fsp3) is 0.714. The van der Waals surface area contributed by atoms with E-state index < -0.39 is 11.0 Å². The van der Waals surface area contributed by atoms with E-state index in [9.17, 15) is 14.7 Å². The van der Waals surface area contributed by atoms with Crippen molar-refractivity contribution in [3.63, 3.8) is 0 Å². The van der Waals surface area contributed by atoms with E-state index in [2.05, 4.69) is 10.6 Å². The van der Waals surface area contributed by atoms with E-state index in [1.165, 1.54) is 6.92 Å². The molecule has 37 heavy (non-hydrogen) atoms. The molecular weight excluding hydrogens is 513 g/mol. The number of nitrogens with zero attached hydrogens (tertiary/aromatic N) is 1. The van der Waals surface area contributed by atoms with E-state index in [0.717, 1.165) is 34.9 Å². The lowest BCUT2D eigenvalue weighted by atomic mass is 9.64. The van der Waals surface area contributed by atoms with E-state index in [1.54, 1.807) is 0 Å². The molecule has 1 aliphatic heterocycles. The lowest BCUT2D eigenvalue weighted by Crippen LogP contribution is -2.62. The molecule has 9 heteroatoms. The third kappa shape index (κ3) is 8.06. The molecule has 1 saturated heterocycles. The standard InChI is InChI=1S/C27H41Cl2N3O3.CH4.H2O/c1-17(2)24(30-15-19-12-22(29)14-23(13-19)31-18(3)33)25(34)32-11-10-27(35,26(4,5)16-32)20-6-8-21(28)9-7-20;;/h6,8,12,17,19,23-24,30,35H,7,9-11,13-16H2,1-5H3,(H,31,33);1H4;1H2/t19?,23?,24-,27+;;/m1../s1. The zero-order chi connectivity index (χ0) is 26.0. The van der Waals surface area contributed by atoms with Gasteiger partial charge in [0, 0.05) is 54.5 Å². The second kappa shape index (κ2) is 13.6. The van der Waals surface area contributed by atoms with Crippen molar-refractivity contribution in [3.8, 4) is 0 Å². The van der Waals surface area contributed by atoms with E-state index in [0.29, 0.717) is 32.5 Å². The molecule has 1 fully saturated rings. The Bertz CT molecular complexity index is 915. The number of allylic oxidation sites excluding steroid dienone is 3. The van der Waals surface area contributed by atoms with Crippen LogP contribution >= 0.6 is 23.2 Å². The van der Waals surface area contributed by atoms with Crippen LogP contribution < -0.4 is 10.6 Å². The molecule has 7 nitrogen and oxygen atoms in total. The molecule has 0 aromatic heterocycles. The van der Waals surface area contributed by atoms with Gasteiger partial charge in [0.1, 0.15) is 0 Å². The Kier molecular flexibility index (Phi) is 12.4. The van der Waals surface area contributed by atoms with Gasteiger partial charge < -0.3 is 26.1 Å². The van der Waals surface area contributed by atoms with Crippen molar-refractivity contribution in [2.75, 3.05) is 19.6 Å². The first-order chi connectivity index (χ1) is 16.3. The van der Waals surface area contributed by atoms with Crippen molar-refractivity contribution < 1.29 is 20.2 Å². The van der Waals surface area contributed by atoms with Crippen LogP contribution in [0.4, 0.5) is 0 Å². The summed E-state index contributed by atoms with van der Waals surface area (Å²) in [5, 5.41) is 19.7. The van der Waals surface area contributed by atoms with Crippen molar-refractivity contribution in [2.45, 2.75) is 91.8 Å².